The Balaban J connectivity index is 1.38. The second-order valence-electron chi connectivity index (χ2n) is 9.36. The molecule has 1 N–H and O–H groups in total. The van der Waals surface area contributed by atoms with E-state index in [0.29, 0.717) is 43.6 Å². The maximum Gasteiger partial charge on any atom is 0.257 e. The molecule has 180 valence electrons. The van der Waals surface area contributed by atoms with Crippen LogP contribution < -0.4 is 10.2 Å². The largest absolute Gasteiger partial charge is 0.354 e. The minimum Gasteiger partial charge on any atom is -0.354 e. The SMILES string of the molecule is CN(C)C(CNC(=O)CCCN1C(=O)c2ccccc2N2C(=O)CCC12C)c1cccc(F)c1. The standard InChI is InChI=1S/C26H31FN4O3/c1-26-14-13-24(33)31(26)21-11-5-4-10-20(21)25(34)30(26)15-7-12-23(32)28-17-22(29(2)3)18-8-6-9-19(27)16-18/h4-6,8-11,16,22H,7,12-15,17H2,1-3H3,(H,28,32). The predicted octanol–water partition coefficient (Wildman–Crippen LogP) is 3.32. The molecule has 3 amide bonds. The van der Waals surface area contributed by atoms with Crippen LogP contribution in [0.2, 0.25) is 0 Å². The Hall–Kier alpha value is -3.26. The van der Waals surface area contributed by atoms with Crippen molar-refractivity contribution in [1.82, 2.24) is 15.1 Å². The first-order valence-electron chi connectivity index (χ1n) is 11.6. The van der Waals surface area contributed by atoms with Crippen molar-refractivity contribution in [1.29, 1.82) is 0 Å². The summed E-state index contributed by atoms with van der Waals surface area (Å²) in [6, 6.07) is 13.4. The molecule has 1 fully saturated rings. The zero-order chi connectivity index (χ0) is 24.5. The third-order valence-electron chi connectivity index (χ3n) is 6.88. The van der Waals surface area contributed by atoms with Gasteiger partial charge < -0.3 is 15.1 Å². The van der Waals surface area contributed by atoms with Crippen LogP contribution in [-0.2, 0) is 9.59 Å². The summed E-state index contributed by atoms with van der Waals surface area (Å²) in [5.41, 5.74) is 1.26. The number of hydrogen-bond donors (Lipinski definition) is 1. The summed E-state index contributed by atoms with van der Waals surface area (Å²) in [6.45, 7) is 2.65. The molecule has 0 spiro atoms. The summed E-state index contributed by atoms with van der Waals surface area (Å²) in [7, 11) is 3.77. The summed E-state index contributed by atoms with van der Waals surface area (Å²) in [4.78, 5) is 43.9. The Labute approximate surface area is 199 Å². The van der Waals surface area contributed by atoms with E-state index in [2.05, 4.69) is 5.32 Å². The minimum absolute atomic E-state index is 0.0114. The molecule has 2 unspecified atom stereocenters. The van der Waals surface area contributed by atoms with Crippen LogP contribution in [0.25, 0.3) is 0 Å². The van der Waals surface area contributed by atoms with Crippen LogP contribution >= 0.6 is 0 Å². The van der Waals surface area contributed by atoms with Crippen molar-refractivity contribution in [2.75, 3.05) is 32.1 Å². The van der Waals surface area contributed by atoms with Crippen molar-refractivity contribution < 1.29 is 18.8 Å². The van der Waals surface area contributed by atoms with Crippen LogP contribution in [0.5, 0.6) is 0 Å². The number of nitrogens with zero attached hydrogens (tertiary/aromatic N) is 3. The lowest BCUT2D eigenvalue weighted by Gasteiger charge is -2.48. The summed E-state index contributed by atoms with van der Waals surface area (Å²) in [6.07, 6.45) is 1.68. The number of carbonyl (C=O) groups is 3. The molecule has 4 rings (SSSR count). The maximum absolute atomic E-state index is 13.6. The molecule has 0 aromatic heterocycles. The quantitative estimate of drug-likeness (QED) is 0.648. The van der Waals surface area contributed by atoms with E-state index in [1.807, 2.05) is 44.1 Å². The monoisotopic (exact) mass is 466 g/mol. The van der Waals surface area contributed by atoms with Gasteiger partial charge in [0.25, 0.3) is 5.91 Å². The Morgan fingerprint density at radius 3 is 2.68 bits per heavy atom. The number of rotatable bonds is 8. The molecule has 0 saturated carbocycles. The third-order valence-corrected chi connectivity index (χ3v) is 6.88. The van der Waals surface area contributed by atoms with Gasteiger partial charge in [-0.2, -0.15) is 0 Å². The number of anilines is 1. The highest BCUT2D eigenvalue weighted by atomic mass is 19.1. The van der Waals surface area contributed by atoms with Crippen LogP contribution in [0.4, 0.5) is 10.1 Å². The van der Waals surface area contributed by atoms with E-state index < -0.39 is 5.66 Å². The van der Waals surface area contributed by atoms with Gasteiger partial charge in [0.15, 0.2) is 0 Å². The summed E-state index contributed by atoms with van der Waals surface area (Å²) in [5, 5.41) is 2.94. The van der Waals surface area contributed by atoms with Gasteiger partial charge in [0.1, 0.15) is 11.5 Å². The number of likely N-dealkylation sites (N-methyl/N-ethyl adjacent to an activating group) is 1. The summed E-state index contributed by atoms with van der Waals surface area (Å²) >= 11 is 0. The number of carbonyl (C=O) groups excluding carboxylic acids is 3. The van der Waals surface area contributed by atoms with Gasteiger partial charge in [0.2, 0.25) is 11.8 Å². The average Bonchev–Trinajstić information content (AvgIpc) is 3.11. The molecule has 0 radical (unpaired) electrons. The maximum atomic E-state index is 13.6. The number of para-hydroxylation sites is 1. The number of hydrogen-bond acceptors (Lipinski definition) is 4. The number of benzene rings is 2. The highest BCUT2D eigenvalue weighted by Gasteiger charge is 2.52. The molecule has 2 aliphatic heterocycles. The molecule has 0 bridgehead atoms. The lowest BCUT2D eigenvalue weighted by Crippen LogP contribution is -2.62. The van der Waals surface area contributed by atoms with Gasteiger partial charge in [0, 0.05) is 25.9 Å². The smallest absolute Gasteiger partial charge is 0.257 e. The van der Waals surface area contributed by atoms with Crippen molar-refractivity contribution in [2.45, 2.75) is 44.3 Å². The lowest BCUT2D eigenvalue weighted by molar-refractivity contribution is -0.121. The molecule has 34 heavy (non-hydrogen) atoms. The fraction of sp³-hybridized carbons (Fsp3) is 0.423. The van der Waals surface area contributed by atoms with Crippen molar-refractivity contribution in [3.8, 4) is 0 Å². The van der Waals surface area contributed by atoms with Crippen molar-refractivity contribution in [3.05, 3.63) is 65.5 Å². The van der Waals surface area contributed by atoms with Crippen LogP contribution in [0.15, 0.2) is 48.5 Å². The molecule has 2 heterocycles. The summed E-state index contributed by atoms with van der Waals surface area (Å²) in [5.74, 6) is -0.533. The van der Waals surface area contributed by atoms with Crippen molar-refractivity contribution >= 4 is 23.4 Å². The van der Waals surface area contributed by atoms with Crippen LogP contribution in [0.1, 0.15) is 54.6 Å². The molecular weight excluding hydrogens is 435 g/mol. The number of amides is 3. The Kier molecular flexibility index (Phi) is 6.70. The van der Waals surface area contributed by atoms with Crippen LogP contribution in [0, 0.1) is 5.82 Å². The number of nitrogens with one attached hydrogen (secondary N) is 1. The van der Waals surface area contributed by atoms with Gasteiger partial charge in [-0.25, -0.2) is 4.39 Å². The average molecular weight is 467 g/mol. The van der Waals surface area contributed by atoms with E-state index in [-0.39, 0.29) is 36.0 Å². The van der Waals surface area contributed by atoms with Crippen LogP contribution in [0.3, 0.4) is 0 Å². The predicted molar refractivity (Wildman–Crippen MR) is 128 cm³/mol. The first kappa shape index (κ1) is 23.9. The zero-order valence-electron chi connectivity index (χ0n) is 19.9. The Morgan fingerprint density at radius 1 is 1.18 bits per heavy atom. The fourth-order valence-corrected chi connectivity index (χ4v) is 5.05. The fourth-order valence-electron chi connectivity index (χ4n) is 5.05. The second kappa shape index (κ2) is 9.54. The van der Waals surface area contributed by atoms with Crippen molar-refractivity contribution in [3.63, 3.8) is 0 Å². The van der Waals surface area contributed by atoms with E-state index in [1.165, 1.54) is 12.1 Å². The molecule has 2 aromatic rings. The highest BCUT2D eigenvalue weighted by molar-refractivity contribution is 6.10. The van der Waals surface area contributed by atoms with Gasteiger partial charge in [-0.15, -0.1) is 0 Å². The van der Waals surface area contributed by atoms with E-state index in [1.54, 1.807) is 28.0 Å². The van der Waals surface area contributed by atoms with Gasteiger partial charge in [-0.1, -0.05) is 24.3 Å². The van der Waals surface area contributed by atoms with Crippen molar-refractivity contribution in [2.24, 2.45) is 0 Å². The van der Waals surface area contributed by atoms with Gasteiger partial charge in [-0.05, 0) is 63.7 Å². The number of fused-ring (bicyclic) bond motifs is 3. The lowest BCUT2D eigenvalue weighted by atomic mass is 9.98. The Morgan fingerprint density at radius 2 is 1.94 bits per heavy atom. The van der Waals surface area contributed by atoms with Crippen LogP contribution in [-0.4, -0.2) is 60.4 Å². The van der Waals surface area contributed by atoms with Gasteiger partial charge in [0.05, 0.1) is 17.3 Å². The molecule has 2 aliphatic rings. The molecule has 2 atom stereocenters. The molecule has 1 saturated heterocycles. The molecule has 0 aliphatic carbocycles. The molecule has 2 aromatic carbocycles. The topological polar surface area (TPSA) is 73.0 Å². The van der Waals surface area contributed by atoms with E-state index in [0.717, 1.165) is 5.56 Å². The summed E-state index contributed by atoms with van der Waals surface area (Å²) < 4.78 is 13.6. The Bertz CT molecular complexity index is 1100. The zero-order valence-corrected chi connectivity index (χ0v) is 19.9. The van der Waals surface area contributed by atoms with E-state index in [9.17, 15) is 18.8 Å². The van der Waals surface area contributed by atoms with Gasteiger partial charge >= 0.3 is 0 Å². The van der Waals surface area contributed by atoms with E-state index >= 15 is 0 Å². The normalized spacial score (nSPS) is 20.4. The first-order chi connectivity index (χ1) is 16.2. The molecule has 8 heteroatoms. The highest BCUT2D eigenvalue weighted by Crippen LogP contribution is 2.44. The van der Waals surface area contributed by atoms with Gasteiger partial charge in [-0.3, -0.25) is 19.3 Å². The second-order valence-corrected chi connectivity index (χ2v) is 9.36. The minimum atomic E-state index is -0.716. The third kappa shape index (κ3) is 4.42. The first-order valence-corrected chi connectivity index (χ1v) is 11.6. The van der Waals surface area contributed by atoms with E-state index in [4.69, 9.17) is 0 Å². The molecular formula is C26H31FN4O3. The number of halogens is 1. The molecule has 7 nitrogen and oxygen atoms in total.